The summed E-state index contributed by atoms with van der Waals surface area (Å²) in [4.78, 5) is 22.1. The first-order valence-electron chi connectivity index (χ1n) is 10.4. The minimum Gasteiger partial charge on any atom is -0.506 e. The summed E-state index contributed by atoms with van der Waals surface area (Å²) in [7, 11) is 5.20. The van der Waals surface area contributed by atoms with Crippen molar-refractivity contribution < 1.29 is 14.6 Å². The molecule has 1 heterocycles. The highest BCUT2D eigenvalue weighted by Crippen LogP contribution is 2.27. The van der Waals surface area contributed by atoms with E-state index in [0.717, 1.165) is 43.4 Å². The average molecular weight is 553 g/mol. The number of anilines is 1. The quantitative estimate of drug-likeness (QED) is 0.325. The van der Waals surface area contributed by atoms with E-state index in [-0.39, 0.29) is 36.5 Å². The van der Waals surface area contributed by atoms with Crippen LogP contribution in [0.4, 0.5) is 5.69 Å². The molecule has 0 spiro atoms. The van der Waals surface area contributed by atoms with Gasteiger partial charge in [-0.1, -0.05) is 24.3 Å². The van der Waals surface area contributed by atoms with E-state index in [1.807, 2.05) is 42.5 Å². The molecular weight excluding hydrogens is 521 g/mol. The van der Waals surface area contributed by atoms with Gasteiger partial charge in [0.25, 0.3) is 5.91 Å². The standard InChI is InChI=1S/C23H31N5O3.HI/c1-24-23(28-13-11-27(12-14-28)20-9-4-5-10-21(20)29)25-16-18-7-6-8-19(15-18)31-17-22(30)26(2)3;/h4-10,15,29H,11-14,16-17H2,1-3H3,(H,24,25);1H. The van der Waals surface area contributed by atoms with Crippen LogP contribution in [0.1, 0.15) is 5.56 Å². The lowest BCUT2D eigenvalue weighted by atomic mass is 10.2. The highest BCUT2D eigenvalue weighted by molar-refractivity contribution is 14.0. The molecule has 0 aliphatic carbocycles. The van der Waals surface area contributed by atoms with Crippen molar-refractivity contribution in [2.75, 3.05) is 58.8 Å². The number of para-hydroxylation sites is 2. The van der Waals surface area contributed by atoms with Crippen molar-refractivity contribution in [1.82, 2.24) is 15.1 Å². The smallest absolute Gasteiger partial charge is 0.259 e. The SMILES string of the molecule is CN=C(NCc1cccc(OCC(=O)N(C)C)c1)N1CCN(c2ccccc2O)CC1.I. The maximum absolute atomic E-state index is 11.7. The molecule has 1 fully saturated rings. The number of aromatic hydroxyl groups is 1. The summed E-state index contributed by atoms with van der Waals surface area (Å²) in [6, 6.07) is 15.1. The van der Waals surface area contributed by atoms with Crippen LogP contribution >= 0.6 is 24.0 Å². The Morgan fingerprint density at radius 2 is 1.84 bits per heavy atom. The lowest BCUT2D eigenvalue weighted by Gasteiger charge is -2.37. The summed E-state index contributed by atoms with van der Waals surface area (Å²) < 4.78 is 5.60. The van der Waals surface area contributed by atoms with Crippen LogP contribution in [0.2, 0.25) is 0 Å². The van der Waals surface area contributed by atoms with Gasteiger partial charge in [0.05, 0.1) is 5.69 Å². The molecule has 0 unspecified atom stereocenters. The Balaban J connectivity index is 0.00000363. The first kappa shape index (κ1) is 25.6. The first-order valence-corrected chi connectivity index (χ1v) is 10.4. The number of rotatable bonds is 6. The number of piperazine rings is 1. The van der Waals surface area contributed by atoms with Crippen LogP contribution in [-0.2, 0) is 11.3 Å². The summed E-state index contributed by atoms with van der Waals surface area (Å²) in [5.74, 6) is 1.74. The molecule has 0 saturated carbocycles. The van der Waals surface area contributed by atoms with Crippen molar-refractivity contribution in [2.24, 2.45) is 4.99 Å². The number of carbonyl (C=O) groups excluding carboxylic acids is 1. The summed E-state index contributed by atoms with van der Waals surface area (Å²) in [5, 5.41) is 13.5. The highest BCUT2D eigenvalue weighted by Gasteiger charge is 2.21. The molecule has 8 nitrogen and oxygen atoms in total. The molecule has 0 radical (unpaired) electrons. The van der Waals surface area contributed by atoms with Crippen molar-refractivity contribution in [2.45, 2.75) is 6.54 Å². The van der Waals surface area contributed by atoms with Gasteiger partial charge in [0.1, 0.15) is 11.5 Å². The number of halogens is 1. The number of phenols is 1. The van der Waals surface area contributed by atoms with Crippen LogP contribution in [0.5, 0.6) is 11.5 Å². The van der Waals surface area contributed by atoms with Gasteiger partial charge in [-0.25, -0.2) is 0 Å². The van der Waals surface area contributed by atoms with Crippen molar-refractivity contribution in [1.29, 1.82) is 0 Å². The molecule has 0 atom stereocenters. The fourth-order valence-corrected chi connectivity index (χ4v) is 3.42. The molecule has 3 rings (SSSR count). The molecule has 2 N–H and O–H groups in total. The molecule has 0 bridgehead atoms. The van der Waals surface area contributed by atoms with Gasteiger partial charge in [-0.3, -0.25) is 9.79 Å². The maximum atomic E-state index is 11.7. The summed E-state index contributed by atoms with van der Waals surface area (Å²) in [6.45, 7) is 3.86. The maximum Gasteiger partial charge on any atom is 0.259 e. The normalized spacial score (nSPS) is 13.9. The van der Waals surface area contributed by atoms with Gasteiger partial charge in [0.15, 0.2) is 12.6 Å². The van der Waals surface area contributed by atoms with Crippen LogP contribution in [0, 0.1) is 0 Å². The lowest BCUT2D eigenvalue weighted by Crippen LogP contribution is -2.52. The molecule has 174 valence electrons. The van der Waals surface area contributed by atoms with E-state index < -0.39 is 0 Å². The largest absolute Gasteiger partial charge is 0.506 e. The van der Waals surface area contributed by atoms with Crippen molar-refractivity contribution in [3.05, 3.63) is 54.1 Å². The minimum absolute atomic E-state index is 0. The van der Waals surface area contributed by atoms with Crippen LogP contribution < -0.4 is 15.0 Å². The molecular formula is C23H32IN5O3. The Labute approximate surface area is 206 Å². The lowest BCUT2D eigenvalue weighted by molar-refractivity contribution is -0.130. The Morgan fingerprint density at radius 1 is 1.12 bits per heavy atom. The number of nitrogens with zero attached hydrogens (tertiary/aromatic N) is 4. The zero-order valence-electron chi connectivity index (χ0n) is 18.8. The Hall–Kier alpha value is -2.69. The number of phenolic OH excluding ortho intramolecular Hbond substituents is 1. The van der Waals surface area contributed by atoms with E-state index in [1.54, 1.807) is 27.2 Å². The summed E-state index contributed by atoms with van der Waals surface area (Å²) >= 11 is 0. The second-order valence-electron chi connectivity index (χ2n) is 7.59. The number of carbonyl (C=O) groups is 1. The monoisotopic (exact) mass is 553 g/mol. The number of likely N-dealkylation sites (N-methyl/N-ethyl adjacent to an activating group) is 1. The second kappa shape index (κ2) is 12.4. The highest BCUT2D eigenvalue weighted by atomic mass is 127. The zero-order valence-corrected chi connectivity index (χ0v) is 21.2. The molecule has 0 aromatic heterocycles. The van der Waals surface area contributed by atoms with E-state index in [9.17, 15) is 9.90 Å². The Morgan fingerprint density at radius 3 is 2.50 bits per heavy atom. The van der Waals surface area contributed by atoms with Gasteiger partial charge < -0.3 is 29.9 Å². The van der Waals surface area contributed by atoms with Gasteiger partial charge in [-0.2, -0.15) is 0 Å². The zero-order chi connectivity index (χ0) is 22.2. The van der Waals surface area contributed by atoms with Crippen molar-refractivity contribution in [3.63, 3.8) is 0 Å². The van der Waals surface area contributed by atoms with Gasteiger partial charge >= 0.3 is 0 Å². The number of benzene rings is 2. The number of aliphatic imine (C=N–C) groups is 1. The van der Waals surface area contributed by atoms with Gasteiger partial charge in [-0.15, -0.1) is 24.0 Å². The molecule has 2 aromatic carbocycles. The van der Waals surface area contributed by atoms with E-state index in [0.29, 0.717) is 18.0 Å². The predicted octanol–water partition coefficient (Wildman–Crippen LogP) is 2.37. The minimum atomic E-state index is -0.0769. The molecule has 1 aliphatic heterocycles. The third kappa shape index (κ3) is 6.91. The van der Waals surface area contributed by atoms with E-state index in [2.05, 4.69) is 20.1 Å². The Kier molecular flexibility index (Phi) is 9.89. The third-order valence-corrected chi connectivity index (χ3v) is 5.22. The van der Waals surface area contributed by atoms with Crippen molar-refractivity contribution >= 4 is 41.5 Å². The van der Waals surface area contributed by atoms with Gasteiger partial charge in [0.2, 0.25) is 0 Å². The van der Waals surface area contributed by atoms with Gasteiger partial charge in [-0.05, 0) is 29.8 Å². The molecule has 32 heavy (non-hydrogen) atoms. The summed E-state index contributed by atoms with van der Waals surface area (Å²) in [5.41, 5.74) is 1.92. The van der Waals surface area contributed by atoms with Crippen molar-refractivity contribution in [3.8, 4) is 11.5 Å². The predicted molar refractivity (Wildman–Crippen MR) is 138 cm³/mol. The fraction of sp³-hybridized carbons (Fsp3) is 0.391. The molecule has 1 aliphatic rings. The van der Waals surface area contributed by atoms with Gasteiger partial charge in [0, 0.05) is 53.9 Å². The molecule has 2 aromatic rings. The number of amides is 1. The molecule has 9 heteroatoms. The van der Waals surface area contributed by atoms with Crippen LogP contribution in [0.15, 0.2) is 53.5 Å². The van der Waals surface area contributed by atoms with Crippen LogP contribution in [-0.4, -0.2) is 80.7 Å². The molecule has 1 saturated heterocycles. The van der Waals surface area contributed by atoms with E-state index >= 15 is 0 Å². The molecule has 1 amide bonds. The summed E-state index contributed by atoms with van der Waals surface area (Å²) in [6.07, 6.45) is 0. The van der Waals surface area contributed by atoms with E-state index in [4.69, 9.17) is 4.74 Å². The number of hydrogen-bond acceptors (Lipinski definition) is 5. The second-order valence-corrected chi connectivity index (χ2v) is 7.59. The van der Waals surface area contributed by atoms with E-state index in [1.165, 1.54) is 4.90 Å². The third-order valence-electron chi connectivity index (χ3n) is 5.22. The number of guanidine groups is 1. The number of ether oxygens (including phenoxy) is 1. The van der Waals surface area contributed by atoms with Crippen LogP contribution in [0.25, 0.3) is 0 Å². The number of nitrogens with one attached hydrogen (secondary N) is 1. The first-order chi connectivity index (χ1) is 15.0. The van der Waals surface area contributed by atoms with Crippen LogP contribution in [0.3, 0.4) is 0 Å². The fourth-order valence-electron chi connectivity index (χ4n) is 3.42. The number of hydrogen-bond donors (Lipinski definition) is 2. The average Bonchev–Trinajstić information content (AvgIpc) is 2.79. The topological polar surface area (TPSA) is 80.6 Å². The Bertz CT molecular complexity index is 914.